The Hall–Kier alpha value is -1.46. The minimum absolute atomic E-state index is 0.196. The van der Waals surface area contributed by atoms with Crippen molar-refractivity contribution in [3.63, 3.8) is 0 Å². The number of carbonyl (C=O) groups is 1. The molecule has 1 amide bonds. The fourth-order valence-electron chi connectivity index (χ4n) is 0.705. The number of aromatic nitrogens is 1. The third-order valence-corrected chi connectivity index (χ3v) is 1.23. The summed E-state index contributed by atoms with van der Waals surface area (Å²) in [7, 11) is 0. The van der Waals surface area contributed by atoms with Gasteiger partial charge in [0.15, 0.2) is 0 Å². The molecule has 1 heterocycles. The van der Waals surface area contributed by atoms with E-state index >= 15 is 0 Å². The number of alkyl halides is 2. The topological polar surface area (TPSA) is 55.1 Å². The Bertz CT molecular complexity index is 298. The van der Waals surface area contributed by atoms with E-state index in [1.54, 1.807) is 6.92 Å². The van der Waals surface area contributed by atoms with Gasteiger partial charge in [0.25, 0.3) is 12.3 Å². The molecule has 0 saturated heterocycles. The summed E-state index contributed by atoms with van der Waals surface area (Å²) in [5, 5.41) is 1.97. The number of rotatable bonds is 3. The molecule has 0 aliphatic rings. The van der Waals surface area contributed by atoms with Crippen LogP contribution in [0.2, 0.25) is 0 Å². The smallest absolute Gasteiger partial charge is 0.307 e. The van der Waals surface area contributed by atoms with Crippen molar-refractivity contribution in [1.82, 2.24) is 10.3 Å². The number of amides is 1. The summed E-state index contributed by atoms with van der Waals surface area (Å²) in [5.74, 6) is -0.464. The highest BCUT2D eigenvalue weighted by atomic mass is 19.3. The first-order chi connectivity index (χ1) is 6.09. The van der Waals surface area contributed by atoms with Gasteiger partial charge in [-0.2, -0.15) is 0 Å². The lowest BCUT2D eigenvalue weighted by Gasteiger charge is -1.99. The molecule has 0 bridgehead atoms. The standard InChI is InChI=1S/C7H8F2N2O2/c1-4-2-11-7(13-4)6(12)10-3-5(8)9/h2,5H,3H2,1H3,(H,10,12). The second kappa shape index (κ2) is 3.97. The van der Waals surface area contributed by atoms with Crippen LogP contribution in [0.25, 0.3) is 0 Å². The quantitative estimate of drug-likeness (QED) is 0.772. The molecule has 0 unspecified atom stereocenters. The van der Waals surface area contributed by atoms with E-state index in [-0.39, 0.29) is 5.89 Å². The van der Waals surface area contributed by atoms with Gasteiger partial charge in [-0.3, -0.25) is 4.79 Å². The molecular weight excluding hydrogens is 182 g/mol. The van der Waals surface area contributed by atoms with Crippen molar-refractivity contribution < 1.29 is 18.0 Å². The molecule has 0 aliphatic carbocycles. The van der Waals surface area contributed by atoms with E-state index in [2.05, 4.69) is 4.98 Å². The lowest BCUT2D eigenvalue weighted by Crippen LogP contribution is -2.28. The summed E-state index contributed by atoms with van der Waals surface area (Å²) in [4.78, 5) is 14.5. The van der Waals surface area contributed by atoms with Crippen LogP contribution >= 0.6 is 0 Å². The molecule has 0 aliphatic heterocycles. The number of halogens is 2. The van der Waals surface area contributed by atoms with E-state index in [1.165, 1.54) is 6.20 Å². The molecule has 0 aromatic carbocycles. The fourth-order valence-corrected chi connectivity index (χ4v) is 0.705. The first kappa shape index (κ1) is 9.63. The van der Waals surface area contributed by atoms with E-state index in [4.69, 9.17) is 4.42 Å². The zero-order chi connectivity index (χ0) is 9.84. The second-order valence-corrected chi connectivity index (χ2v) is 2.38. The van der Waals surface area contributed by atoms with E-state index in [9.17, 15) is 13.6 Å². The number of nitrogens with zero attached hydrogens (tertiary/aromatic N) is 1. The molecule has 1 N–H and O–H groups in total. The molecule has 6 heteroatoms. The maximum atomic E-state index is 11.7. The van der Waals surface area contributed by atoms with Crippen molar-refractivity contribution in [1.29, 1.82) is 0 Å². The van der Waals surface area contributed by atoms with Gasteiger partial charge in [-0.1, -0.05) is 0 Å². The predicted molar refractivity (Wildman–Crippen MR) is 39.6 cm³/mol. The van der Waals surface area contributed by atoms with Crippen molar-refractivity contribution in [2.75, 3.05) is 6.54 Å². The van der Waals surface area contributed by atoms with E-state index < -0.39 is 18.9 Å². The first-order valence-corrected chi connectivity index (χ1v) is 3.58. The van der Waals surface area contributed by atoms with Gasteiger partial charge in [-0.25, -0.2) is 13.8 Å². The Morgan fingerprint density at radius 1 is 1.77 bits per heavy atom. The highest BCUT2D eigenvalue weighted by Crippen LogP contribution is 2.01. The minimum Gasteiger partial charge on any atom is -0.438 e. The average Bonchev–Trinajstić information content (AvgIpc) is 2.47. The summed E-state index contributed by atoms with van der Waals surface area (Å²) in [5.41, 5.74) is 0. The minimum atomic E-state index is -2.57. The summed E-state index contributed by atoms with van der Waals surface area (Å²) in [6.07, 6.45) is -1.22. The van der Waals surface area contributed by atoms with E-state index in [1.807, 2.05) is 5.32 Å². The average molecular weight is 190 g/mol. The van der Waals surface area contributed by atoms with Gasteiger partial charge >= 0.3 is 5.91 Å². The van der Waals surface area contributed by atoms with Gasteiger partial charge in [0, 0.05) is 0 Å². The Morgan fingerprint density at radius 3 is 2.92 bits per heavy atom. The summed E-state index contributed by atoms with van der Waals surface area (Å²) in [6.45, 7) is 0.914. The third-order valence-electron chi connectivity index (χ3n) is 1.23. The number of hydrogen-bond acceptors (Lipinski definition) is 3. The monoisotopic (exact) mass is 190 g/mol. The lowest BCUT2D eigenvalue weighted by atomic mass is 10.5. The highest BCUT2D eigenvalue weighted by molar-refractivity contribution is 5.89. The van der Waals surface area contributed by atoms with Crippen molar-refractivity contribution in [3.05, 3.63) is 17.8 Å². The Morgan fingerprint density at radius 2 is 2.46 bits per heavy atom. The van der Waals surface area contributed by atoms with Crippen LogP contribution in [-0.4, -0.2) is 23.9 Å². The molecule has 0 atom stereocenters. The SMILES string of the molecule is Cc1cnc(C(=O)NCC(F)F)o1. The Kier molecular flexibility index (Phi) is 2.94. The lowest BCUT2D eigenvalue weighted by molar-refractivity contribution is 0.0857. The van der Waals surface area contributed by atoms with Crippen LogP contribution in [0, 0.1) is 6.92 Å². The van der Waals surface area contributed by atoms with Gasteiger partial charge in [-0.15, -0.1) is 0 Å². The molecular formula is C7H8F2N2O2. The van der Waals surface area contributed by atoms with Crippen molar-refractivity contribution in [3.8, 4) is 0 Å². The normalized spacial score (nSPS) is 10.5. The number of hydrogen-bond donors (Lipinski definition) is 1. The van der Waals surface area contributed by atoms with Crippen LogP contribution < -0.4 is 5.32 Å². The van der Waals surface area contributed by atoms with Crippen molar-refractivity contribution in [2.24, 2.45) is 0 Å². The summed E-state index contributed by atoms with van der Waals surface area (Å²) in [6, 6.07) is 0. The van der Waals surface area contributed by atoms with Crippen LogP contribution in [0.5, 0.6) is 0 Å². The van der Waals surface area contributed by atoms with Crippen LogP contribution in [0.4, 0.5) is 8.78 Å². The van der Waals surface area contributed by atoms with Crippen LogP contribution in [-0.2, 0) is 0 Å². The van der Waals surface area contributed by atoms with Gasteiger partial charge < -0.3 is 9.73 Å². The maximum absolute atomic E-state index is 11.7. The van der Waals surface area contributed by atoms with E-state index in [0.29, 0.717) is 5.76 Å². The molecule has 1 aromatic heterocycles. The van der Waals surface area contributed by atoms with Crippen LogP contribution in [0.15, 0.2) is 10.6 Å². The zero-order valence-electron chi connectivity index (χ0n) is 6.88. The second-order valence-electron chi connectivity index (χ2n) is 2.38. The molecule has 0 radical (unpaired) electrons. The zero-order valence-corrected chi connectivity index (χ0v) is 6.88. The van der Waals surface area contributed by atoms with Crippen molar-refractivity contribution >= 4 is 5.91 Å². The molecule has 13 heavy (non-hydrogen) atoms. The molecule has 4 nitrogen and oxygen atoms in total. The fraction of sp³-hybridized carbons (Fsp3) is 0.429. The summed E-state index contributed by atoms with van der Waals surface area (Å²) >= 11 is 0. The van der Waals surface area contributed by atoms with Crippen molar-refractivity contribution in [2.45, 2.75) is 13.3 Å². The van der Waals surface area contributed by atoms with Gasteiger partial charge in [0.2, 0.25) is 0 Å². The van der Waals surface area contributed by atoms with Gasteiger partial charge in [0.1, 0.15) is 5.76 Å². The molecule has 0 spiro atoms. The largest absolute Gasteiger partial charge is 0.438 e. The van der Waals surface area contributed by atoms with Gasteiger partial charge in [-0.05, 0) is 6.92 Å². The number of aryl methyl sites for hydroxylation is 1. The first-order valence-electron chi connectivity index (χ1n) is 3.58. The predicted octanol–water partition coefficient (Wildman–Crippen LogP) is 0.978. The number of nitrogens with one attached hydrogen (secondary N) is 1. The van der Waals surface area contributed by atoms with E-state index in [0.717, 1.165) is 0 Å². The molecule has 0 fully saturated rings. The maximum Gasteiger partial charge on any atom is 0.307 e. The molecule has 1 aromatic rings. The number of carbonyl (C=O) groups excluding carboxylic acids is 1. The Labute approximate surface area is 72.9 Å². The summed E-state index contributed by atoms with van der Waals surface area (Å²) < 4.78 is 28.1. The third kappa shape index (κ3) is 2.81. The molecule has 0 saturated carbocycles. The Balaban J connectivity index is 2.49. The number of oxazole rings is 1. The molecule has 72 valence electrons. The van der Waals surface area contributed by atoms with Crippen LogP contribution in [0.3, 0.4) is 0 Å². The van der Waals surface area contributed by atoms with Crippen LogP contribution in [0.1, 0.15) is 16.4 Å². The molecule has 1 rings (SSSR count). The van der Waals surface area contributed by atoms with Gasteiger partial charge in [0.05, 0.1) is 12.7 Å². The highest BCUT2D eigenvalue weighted by Gasteiger charge is 2.13.